The van der Waals surface area contributed by atoms with E-state index >= 15 is 0 Å². The van der Waals surface area contributed by atoms with E-state index in [2.05, 4.69) is 15.9 Å². The zero-order chi connectivity index (χ0) is 21.1. The highest BCUT2D eigenvalue weighted by Crippen LogP contribution is 2.41. The molecule has 1 atom stereocenters. The van der Waals surface area contributed by atoms with Crippen LogP contribution in [0.1, 0.15) is 17.2 Å². The fourth-order valence-electron chi connectivity index (χ4n) is 3.50. The molecule has 0 fully saturated rings. The molecule has 0 spiro atoms. The van der Waals surface area contributed by atoms with E-state index < -0.39 is 23.5 Å². The fraction of sp³-hybridized carbons (Fsp3) is 0.0400. The van der Waals surface area contributed by atoms with E-state index in [1.54, 1.807) is 18.2 Å². The van der Waals surface area contributed by atoms with Gasteiger partial charge in [0.25, 0.3) is 5.91 Å². The normalized spacial score (nSPS) is 16.5. The Balaban J connectivity index is 1.78. The zero-order valence-corrected chi connectivity index (χ0v) is 17.5. The Hall–Kier alpha value is -3.44. The van der Waals surface area contributed by atoms with Gasteiger partial charge in [0, 0.05) is 10.2 Å². The highest BCUT2D eigenvalue weighted by molar-refractivity contribution is 9.10. The second kappa shape index (κ2) is 8.51. The summed E-state index contributed by atoms with van der Waals surface area (Å²) >= 11 is 3.41. The van der Waals surface area contributed by atoms with Crippen LogP contribution in [0.4, 0.5) is 5.69 Å². The maximum Gasteiger partial charge on any atom is 0.294 e. The first-order valence-electron chi connectivity index (χ1n) is 9.41. The summed E-state index contributed by atoms with van der Waals surface area (Å²) in [5.41, 5.74) is 2.27. The van der Waals surface area contributed by atoms with Crippen LogP contribution in [0.2, 0.25) is 0 Å². The predicted octanol–water partition coefficient (Wildman–Crippen LogP) is 5.63. The lowest BCUT2D eigenvalue weighted by Gasteiger charge is -2.26. The molecule has 1 aliphatic rings. The molecule has 4 rings (SSSR count). The summed E-state index contributed by atoms with van der Waals surface area (Å²) in [6.07, 6.45) is 3.07. The Labute approximate surface area is 182 Å². The van der Waals surface area contributed by atoms with Gasteiger partial charge in [0.1, 0.15) is 0 Å². The monoisotopic (exact) mass is 459 g/mol. The second-order valence-corrected chi connectivity index (χ2v) is 7.75. The summed E-state index contributed by atoms with van der Waals surface area (Å²) in [5, 5.41) is 10.7. The van der Waals surface area contributed by atoms with E-state index in [1.165, 1.54) is 11.0 Å². The second-order valence-electron chi connectivity index (χ2n) is 6.84. The van der Waals surface area contributed by atoms with Crippen molar-refractivity contribution in [2.75, 3.05) is 4.90 Å². The highest BCUT2D eigenvalue weighted by atomic mass is 79.9. The SMILES string of the molecule is O=C(/C=C/c1ccccc1)C1=C(O)C(=O)N(c2ccccc2)[C@@H]1c1ccc(Br)cc1. The molecule has 0 saturated heterocycles. The number of allylic oxidation sites excluding steroid dienone is 1. The molecule has 0 bridgehead atoms. The van der Waals surface area contributed by atoms with Gasteiger partial charge >= 0.3 is 0 Å². The lowest BCUT2D eigenvalue weighted by atomic mass is 9.95. The van der Waals surface area contributed by atoms with Gasteiger partial charge in [-0.25, -0.2) is 0 Å². The Bertz CT molecular complexity index is 1140. The number of halogens is 1. The van der Waals surface area contributed by atoms with E-state index in [0.29, 0.717) is 5.69 Å². The number of aliphatic hydroxyl groups excluding tert-OH is 1. The average molecular weight is 460 g/mol. The van der Waals surface area contributed by atoms with Crippen molar-refractivity contribution in [2.45, 2.75) is 6.04 Å². The maximum absolute atomic E-state index is 13.1. The van der Waals surface area contributed by atoms with Crippen LogP contribution >= 0.6 is 15.9 Å². The number of hydrogen-bond acceptors (Lipinski definition) is 3. The van der Waals surface area contributed by atoms with Crippen LogP contribution in [0.15, 0.2) is 107 Å². The lowest BCUT2D eigenvalue weighted by Crippen LogP contribution is -2.30. The zero-order valence-electron chi connectivity index (χ0n) is 15.9. The van der Waals surface area contributed by atoms with E-state index in [0.717, 1.165) is 15.6 Å². The average Bonchev–Trinajstić information content (AvgIpc) is 3.04. The molecule has 30 heavy (non-hydrogen) atoms. The third kappa shape index (κ3) is 3.84. The molecule has 4 nitrogen and oxygen atoms in total. The van der Waals surface area contributed by atoms with E-state index in [1.807, 2.05) is 72.8 Å². The molecule has 1 amide bonds. The molecule has 0 aliphatic carbocycles. The molecule has 0 unspecified atom stereocenters. The number of anilines is 1. The van der Waals surface area contributed by atoms with Gasteiger partial charge in [0.15, 0.2) is 11.5 Å². The third-order valence-electron chi connectivity index (χ3n) is 4.92. The molecule has 0 aromatic heterocycles. The first-order chi connectivity index (χ1) is 14.6. The number of para-hydroxylation sites is 1. The number of hydrogen-bond donors (Lipinski definition) is 1. The number of amides is 1. The van der Waals surface area contributed by atoms with Crippen LogP contribution in [0, 0.1) is 0 Å². The van der Waals surface area contributed by atoms with E-state index in [4.69, 9.17) is 0 Å². The minimum atomic E-state index is -0.721. The number of aliphatic hydroxyl groups is 1. The topological polar surface area (TPSA) is 57.6 Å². The van der Waals surface area contributed by atoms with Crippen molar-refractivity contribution in [3.63, 3.8) is 0 Å². The fourth-order valence-corrected chi connectivity index (χ4v) is 3.76. The molecule has 1 aliphatic heterocycles. The number of carbonyl (C=O) groups is 2. The highest BCUT2D eigenvalue weighted by Gasteiger charge is 2.43. The summed E-state index contributed by atoms with van der Waals surface area (Å²) in [4.78, 5) is 27.5. The minimum Gasteiger partial charge on any atom is -0.503 e. The first-order valence-corrected chi connectivity index (χ1v) is 10.2. The lowest BCUT2D eigenvalue weighted by molar-refractivity contribution is -0.117. The Morgan fingerprint density at radius 1 is 0.900 bits per heavy atom. The van der Waals surface area contributed by atoms with Crippen molar-refractivity contribution in [3.8, 4) is 0 Å². The van der Waals surface area contributed by atoms with E-state index in [-0.39, 0.29) is 5.57 Å². The number of benzene rings is 3. The van der Waals surface area contributed by atoms with Crippen molar-refractivity contribution in [1.82, 2.24) is 0 Å². The molecule has 5 heteroatoms. The first kappa shape index (κ1) is 19.9. The van der Waals surface area contributed by atoms with Gasteiger partial charge < -0.3 is 5.11 Å². The van der Waals surface area contributed by atoms with Crippen molar-refractivity contribution in [2.24, 2.45) is 0 Å². The van der Waals surface area contributed by atoms with Gasteiger partial charge in [-0.3, -0.25) is 14.5 Å². The molecule has 3 aromatic carbocycles. The van der Waals surface area contributed by atoms with Gasteiger partial charge in [0.05, 0.1) is 11.6 Å². The summed E-state index contributed by atoms with van der Waals surface area (Å²) in [6.45, 7) is 0. The van der Waals surface area contributed by atoms with Crippen molar-refractivity contribution in [3.05, 3.63) is 118 Å². The summed E-state index contributed by atoms with van der Waals surface area (Å²) < 4.78 is 0.881. The van der Waals surface area contributed by atoms with Crippen LogP contribution in [-0.2, 0) is 9.59 Å². The molecule has 0 radical (unpaired) electrons. The Kier molecular flexibility index (Phi) is 5.63. The molecular weight excluding hydrogens is 442 g/mol. The molecule has 0 saturated carbocycles. The van der Waals surface area contributed by atoms with Crippen molar-refractivity contribution in [1.29, 1.82) is 0 Å². The Morgan fingerprint density at radius 3 is 2.13 bits per heavy atom. The van der Waals surface area contributed by atoms with Crippen LogP contribution in [0.25, 0.3) is 6.08 Å². The largest absolute Gasteiger partial charge is 0.503 e. The smallest absolute Gasteiger partial charge is 0.294 e. The molecule has 1 heterocycles. The maximum atomic E-state index is 13.1. The van der Waals surface area contributed by atoms with Gasteiger partial charge in [-0.15, -0.1) is 0 Å². The molecule has 1 N–H and O–H groups in total. The van der Waals surface area contributed by atoms with Crippen LogP contribution in [-0.4, -0.2) is 16.8 Å². The quantitative estimate of drug-likeness (QED) is 0.502. The van der Waals surface area contributed by atoms with Crippen molar-refractivity contribution >= 4 is 39.4 Å². The molecule has 148 valence electrons. The van der Waals surface area contributed by atoms with Crippen LogP contribution in [0.5, 0.6) is 0 Å². The van der Waals surface area contributed by atoms with Gasteiger partial charge in [-0.05, 0) is 41.5 Å². The van der Waals surface area contributed by atoms with Crippen molar-refractivity contribution < 1.29 is 14.7 Å². The van der Waals surface area contributed by atoms with Crippen LogP contribution in [0.3, 0.4) is 0 Å². The predicted molar refractivity (Wildman–Crippen MR) is 121 cm³/mol. The Morgan fingerprint density at radius 2 is 1.50 bits per heavy atom. The number of ketones is 1. The summed E-state index contributed by atoms with van der Waals surface area (Å²) in [6, 6.07) is 25.1. The van der Waals surface area contributed by atoms with Gasteiger partial charge in [-0.1, -0.05) is 82.7 Å². The standard InChI is InChI=1S/C25H18BrNO3/c26-19-14-12-18(13-15-19)23-22(21(28)16-11-17-7-3-1-4-8-17)24(29)25(30)27(23)20-9-5-2-6-10-20/h1-16,23,29H/b16-11+/t23-/m1/s1. The summed E-state index contributed by atoms with van der Waals surface area (Å²) in [5.74, 6) is -1.52. The summed E-state index contributed by atoms with van der Waals surface area (Å²) in [7, 11) is 0. The van der Waals surface area contributed by atoms with Gasteiger partial charge in [0.2, 0.25) is 0 Å². The molecular formula is C25H18BrNO3. The third-order valence-corrected chi connectivity index (χ3v) is 5.45. The van der Waals surface area contributed by atoms with E-state index in [9.17, 15) is 14.7 Å². The minimum absolute atomic E-state index is 0.0679. The number of carbonyl (C=O) groups excluding carboxylic acids is 2. The number of rotatable bonds is 5. The number of nitrogens with zero attached hydrogens (tertiary/aromatic N) is 1. The molecule has 3 aromatic rings. The van der Waals surface area contributed by atoms with Gasteiger partial charge in [-0.2, -0.15) is 0 Å². The van der Waals surface area contributed by atoms with Crippen LogP contribution < -0.4 is 4.90 Å².